The van der Waals surface area contributed by atoms with E-state index in [4.69, 9.17) is 5.73 Å². The molecule has 0 amide bonds. The minimum absolute atomic E-state index is 0.244. The van der Waals surface area contributed by atoms with E-state index in [1.165, 1.54) is 36.8 Å². The van der Waals surface area contributed by atoms with Crippen LogP contribution in [0.3, 0.4) is 0 Å². The molecule has 0 aliphatic rings. The van der Waals surface area contributed by atoms with Crippen molar-refractivity contribution in [2.75, 3.05) is 0 Å². The van der Waals surface area contributed by atoms with Crippen molar-refractivity contribution in [3.8, 4) is 0 Å². The van der Waals surface area contributed by atoms with Crippen LogP contribution in [0, 0.1) is 12.8 Å². The second-order valence-corrected chi connectivity index (χ2v) is 5.51. The topological polar surface area (TPSA) is 26.0 Å². The first-order valence-electron chi connectivity index (χ1n) is 6.47. The zero-order valence-electron chi connectivity index (χ0n) is 10.8. The molecule has 1 aromatic rings. The molecule has 16 heavy (non-hydrogen) atoms. The zero-order chi connectivity index (χ0) is 12.0. The van der Waals surface area contributed by atoms with E-state index in [1.807, 2.05) is 0 Å². The SMILES string of the molecule is CCCCC(CC)CC(N)c1cscc1C. The van der Waals surface area contributed by atoms with Crippen LogP contribution in [0.15, 0.2) is 10.8 Å². The average Bonchev–Trinajstić information content (AvgIpc) is 2.70. The Balaban J connectivity index is 2.48. The number of hydrogen-bond acceptors (Lipinski definition) is 2. The molecule has 1 heterocycles. The predicted octanol–water partition coefficient (Wildman–Crippen LogP) is 4.66. The van der Waals surface area contributed by atoms with Crippen molar-refractivity contribution in [1.29, 1.82) is 0 Å². The van der Waals surface area contributed by atoms with Gasteiger partial charge in [0.25, 0.3) is 0 Å². The largest absolute Gasteiger partial charge is 0.324 e. The summed E-state index contributed by atoms with van der Waals surface area (Å²) < 4.78 is 0. The first kappa shape index (κ1) is 13.7. The van der Waals surface area contributed by atoms with Crippen LogP contribution in [-0.4, -0.2) is 0 Å². The summed E-state index contributed by atoms with van der Waals surface area (Å²) in [4.78, 5) is 0. The molecule has 1 nitrogen and oxygen atoms in total. The lowest BCUT2D eigenvalue weighted by atomic mass is 9.89. The first-order chi connectivity index (χ1) is 7.69. The van der Waals surface area contributed by atoms with E-state index < -0.39 is 0 Å². The van der Waals surface area contributed by atoms with Crippen LogP contribution in [0.2, 0.25) is 0 Å². The van der Waals surface area contributed by atoms with Crippen LogP contribution in [0.4, 0.5) is 0 Å². The van der Waals surface area contributed by atoms with Gasteiger partial charge in [-0.2, -0.15) is 11.3 Å². The van der Waals surface area contributed by atoms with Crippen molar-refractivity contribution in [3.05, 3.63) is 21.9 Å². The third kappa shape index (κ3) is 3.91. The highest BCUT2D eigenvalue weighted by molar-refractivity contribution is 7.08. The first-order valence-corrected chi connectivity index (χ1v) is 7.41. The molecular weight excluding hydrogens is 214 g/mol. The predicted molar refractivity (Wildman–Crippen MR) is 73.9 cm³/mol. The number of rotatable bonds is 7. The summed E-state index contributed by atoms with van der Waals surface area (Å²) in [5, 5.41) is 4.41. The Morgan fingerprint density at radius 3 is 2.56 bits per heavy atom. The van der Waals surface area contributed by atoms with Gasteiger partial charge in [0.05, 0.1) is 0 Å². The van der Waals surface area contributed by atoms with Crippen molar-refractivity contribution < 1.29 is 0 Å². The highest BCUT2D eigenvalue weighted by Crippen LogP contribution is 2.28. The molecule has 0 aliphatic carbocycles. The van der Waals surface area contributed by atoms with Gasteiger partial charge in [0.15, 0.2) is 0 Å². The number of thiophene rings is 1. The van der Waals surface area contributed by atoms with Gasteiger partial charge in [0.2, 0.25) is 0 Å². The second-order valence-electron chi connectivity index (χ2n) is 4.77. The maximum absolute atomic E-state index is 6.30. The summed E-state index contributed by atoms with van der Waals surface area (Å²) in [7, 11) is 0. The van der Waals surface area contributed by atoms with Crippen molar-refractivity contribution in [1.82, 2.24) is 0 Å². The zero-order valence-corrected chi connectivity index (χ0v) is 11.6. The molecule has 0 bridgehead atoms. The second kappa shape index (κ2) is 7.08. The van der Waals surface area contributed by atoms with Crippen LogP contribution in [0.25, 0.3) is 0 Å². The Hall–Kier alpha value is -0.340. The maximum atomic E-state index is 6.30. The van der Waals surface area contributed by atoms with Crippen molar-refractivity contribution >= 4 is 11.3 Å². The number of nitrogens with two attached hydrogens (primary N) is 1. The highest BCUT2D eigenvalue weighted by atomic mass is 32.1. The number of unbranched alkanes of at least 4 members (excludes halogenated alkanes) is 1. The molecule has 0 fully saturated rings. The molecule has 0 aromatic carbocycles. The molecule has 0 saturated carbocycles. The quantitative estimate of drug-likeness (QED) is 0.735. The third-order valence-corrected chi connectivity index (χ3v) is 4.30. The average molecular weight is 239 g/mol. The van der Waals surface area contributed by atoms with Crippen molar-refractivity contribution in [2.24, 2.45) is 11.7 Å². The Bertz CT molecular complexity index is 293. The Labute approximate surface area is 104 Å². The molecule has 0 aliphatic heterocycles. The highest BCUT2D eigenvalue weighted by Gasteiger charge is 2.15. The molecular formula is C14H25NS. The minimum atomic E-state index is 0.244. The van der Waals surface area contributed by atoms with E-state index >= 15 is 0 Å². The molecule has 2 atom stereocenters. The van der Waals surface area contributed by atoms with Crippen LogP contribution in [0.5, 0.6) is 0 Å². The molecule has 92 valence electrons. The summed E-state index contributed by atoms with van der Waals surface area (Å²) in [6.07, 6.45) is 6.38. The fourth-order valence-electron chi connectivity index (χ4n) is 2.22. The van der Waals surface area contributed by atoms with E-state index in [0.717, 1.165) is 12.3 Å². The van der Waals surface area contributed by atoms with E-state index in [-0.39, 0.29) is 6.04 Å². The van der Waals surface area contributed by atoms with Crippen LogP contribution < -0.4 is 5.73 Å². The van der Waals surface area contributed by atoms with Gasteiger partial charge in [-0.3, -0.25) is 0 Å². The van der Waals surface area contributed by atoms with E-state index in [9.17, 15) is 0 Å². The smallest absolute Gasteiger partial charge is 0.0308 e. The molecule has 2 N–H and O–H groups in total. The minimum Gasteiger partial charge on any atom is -0.324 e. The lowest BCUT2D eigenvalue weighted by Crippen LogP contribution is -2.15. The van der Waals surface area contributed by atoms with Crippen molar-refractivity contribution in [3.63, 3.8) is 0 Å². The van der Waals surface area contributed by atoms with Gasteiger partial charge in [-0.05, 0) is 41.1 Å². The summed E-state index contributed by atoms with van der Waals surface area (Å²) in [5.41, 5.74) is 9.02. The van der Waals surface area contributed by atoms with Gasteiger partial charge >= 0.3 is 0 Å². The fourth-order valence-corrected chi connectivity index (χ4v) is 3.13. The molecule has 0 saturated heterocycles. The monoisotopic (exact) mass is 239 g/mol. The van der Waals surface area contributed by atoms with Crippen LogP contribution >= 0.6 is 11.3 Å². The van der Waals surface area contributed by atoms with Crippen LogP contribution in [-0.2, 0) is 0 Å². The van der Waals surface area contributed by atoms with Gasteiger partial charge in [-0.15, -0.1) is 0 Å². The Morgan fingerprint density at radius 2 is 2.06 bits per heavy atom. The molecule has 0 radical (unpaired) electrons. The Kier molecular flexibility index (Phi) is 6.07. The van der Waals surface area contributed by atoms with Gasteiger partial charge in [-0.1, -0.05) is 39.5 Å². The summed E-state index contributed by atoms with van der Waals surface area (Å²) in [5.74, 6) is 0.800. The number of aryl methyl sites for hydroxylation is 1. The van der Waals surface area contributed by atoms with Gasteiger partial charge in [-0.25, -0.2) is 0 Å². The van der Waals surface area contributed by atoms with Gasteiger partial charge in [0.1, 0.15) is 0 Å². The van der Waals surface area contributed by atoms with Crippen molar-refractivity contribution in [2.45, 2.75) is 58.9 Å². The van der Waals surface area contributed by atoms with E-state index in [2.05, 4.69) is 31.5 Å². The summed E-state index contributed by atoms with van der Waals surface area (Å²) >= 11 is 1.77. The standard InChI is InChI=1S/C14H25NS/c1-4-6-7-12(5-2)8-14(15)13-10-16-9-11(13)3/h9-10,12,14H,4-8,15H2,1-3H3. The molecule has 0 spiro atoms. The molecule has 2 unspecified atom stereocenters. The van der Waals surface area contributed by atoms with Gasteiger partial charge in [0, 0.05) is 6.04 Å². The Morgan fingerprint density at radius 1 is 1.31 bits per heavy atom. The lowest BCUT2D eigenvalue weighted by molar-refractivity contribution is 0.388. The lowest BCUT2D eigenvalue weighted by Gasteiger charge is -2.19. The fraction of sp³-hybridized carbons (Fsp3) is 0.714. The third-order valence-electron chi connectivity index (χ3n) is 3.43. The van der Waals surface area contributed by atoms with E-state index in [0.29, 0.717) is 0 Å². The van der Waals surface area contributed by atoms with Gasteiger partial charge < -0.3 is 5.73 Å². The molecule has 2 heteroatoms. The van der Waals surface area contributed by atoms with Crippen LogP contribution in [0.1, 0.15) is 63.1 Å². The maximum Gasteiger partial charge on any atom is 0.0308 e. The summed E-state index contributed by atoms with van der Waals surface area (Å²) in [6.45, 7) is 6.71. The summed E-state index contributed by atoms with van der Waals surface area (Å²) in [6, 6.07) is 0.244. The normalized spacial score (nSPS) is 15.0. The molecule has 1 aromatic heterocycles. The van der Waals surface area contributed by atoms with E-state index in [1.54, 1.807) is 11.3 Å². The molecule has 1 rings (SSSR count). The number of hydrogen-bond donors (Lipinski definition) is 1.